The van der Waals surface area contributed by atoms with Crippen molar-refractivity contribution in [2.24, 2.45) is 0 Å². The lowest BCUT2D eigenvalue weighted by Crippen LogP contribution is -2.45. The van der Waals surface area contributed by atoms with Gasteiger partial charge in [-0.05, 0) is 43.2 Å². The van der Waals surface area contributed by atoms with Crippen molar-refractivity contribution in [2.45, 2.75) is 32.4 Å². The Kier molecular flexibility index (Phi) is 8.80. The summed E-state index contributed by atoms with van der Waals surface area (Å²) in [6.07, 6.45) is -2.58. The molecule has 2 atom stereocenters. The minimum atomic E-state index is -1.40. The standard InChI is InChI=1S/C19H26N2O7/c1-10(2)16(22)20-8-13(9-21-17(23)11(3)4)28-12-5-6-14(18(24)25)15(7-12)19(26)27/h5-7,13,16-17,20-23H,1,3,8-9H2,2,4H3,(H,24,25)(H,26,27). The molecular formula is C19H26N2O7. The highest BCUT2D eigenvalue weighted by molar-refractivity contribution is 6.01. The number of aromatic carboxylic acids is 2. The summed E-state index contributed by atoms with van der Waals surface area (Å²) in [6.45, 7) is 10.8. The van der Waals surface area contributed by atoms with Crippen molar-refractivity contribution >= 4 is 11.9 Å². The average molecular weight is 394 g/mol. The van der Waals surface area contributed by atoms with Gasteiger partial charge < -0.3 is 25.2 Å². The molecule has 154 valence electrons. The smallest absolute Gasteiger partial charge is 0.336 e. The van der Waals surface area contributed by atoms with E-state index in [4.69, 9.17) is 9.84 Å². The highest BCUT2D eigenvalue weighted by Crippen LogP contribution is 2.19. The molecule has 0 heterocycles. The van der Waals surface area contributed by atoms with E-state index in [0.717, 1.165) is 12.1 Å². The Balaban J connectivity index is 2.98. The molecule has 0 aliphatic carbocycles. The van der Waals surface area contributed by atoms with Gasteiger partial charge >= 0.3 is 11.9 Å². The molecule has 1 rings (SSSR count). The van der Waals surface area contributed by atoms with E-state index in [-0.39, 0.29) is 24.4 Å². The number of benzene rings is 1. The van der Waals surface area contributed by atoms with Crippen LogP contribution in [0.2, 0.25) is 0 Å². The Morgan fingerprint density at radius 3 is 1.82 bits per heavy atom. The van der Waals surface area contributed by atoms with Crippen LogP contribution in [0.15, 0.2) is 42.5 Å². The largest absolute Gasteiger partial charge is 0.488 e. The van der Waals surface area contributed by atoms with Gasteiger partial charge in [-0.3, -0.25) is 10.6 Å². The second kappa shape index (κ2) is 10.6. The Labute approximate surface area is 163 Å². The van der Waals surface area contributed by atoms with Crippen LogP contribution in [0.25, 0.3) is 0 Å². The number of nitrogens with one attached hydrogen (secondary N) is 2. The van der Waals surface area contributed by atoms with E-state index >= 15 is 0 Å². The molecule has 0 bridgehead atoms. The summed E-state index contributed by atoms with van der Waals surface area (Å²) in [5.41, 5.74) is 0.219. The predicted molar refractivity (Wildman–Crippen MR) is 102 cm³/mol. The SMILES string of the molecule is C=C(C)C(O)NCC(CNC(O)C(=C)C)Oc1ccc(C(=O)O)c(C(=O)O)c1. The summed E-state index contributed by atoms with van der Waals surface area (Å²) in [6, 6.07) is 3.60. The van der Waals surface area contributed by atoms with E-state index in [0.29, 0.717) is 11.1 Å². The highest BCUT2D eigenvalue weighted by Gasteiger charge is 2.20. The molecule has 0 spiro atoms. The minimum absolute atomic E-state index is 0.130. The number of hydrogen-bond acceptors (Lipinski definition) is 7. The molecule has 6 N–H and O–H groups in total. The summed E-state index contributed by atoms with van der Waals surface area (Å²) < 4.78 is 5.74. The third-order valence-electron chi connectivity index (χ3n) is 3.77. The van der Waals surface area contributed by atoms with Crippen molar-refractivity contribution < 1.29 is 34.8 Å². The zero-order chi connectivity index (χ0) is 21.4. The molecule has 1 aromatic carbocycles. The van der Waals surface area contributed by atoms with E-state index in [9.17, 15) is 24.9 Å². The van der Waals surface area contributed by atoms with Crippen LogP contribution < -0.4 is 15.4 Å². The van der Waals surface area contributed by atoms with Gasteiger partial charge in [0, 0.05) is 13.1 Å². The highest BCUT2D eigenvalue weighted by atomic mass is 16.5. The quantitative estimate of drug-likeness (QED) is 0.224. The van der Waals surface area contributed by atoms with Crippen molar-refractivity contribution in [3.05, 3.63) is 53.6 Å². The number of rotatable bonds is 12. The van der Waals surface area contributed by atoms with Crippen LogP contribution in [0.3, 0.4) is 0 Å². The Hall–Kier alpha value is -2.72. The monoisotopic (exact) mass is 394 g/mol. The molecule has 0 aliphatic rings. The summed E-state index contributed by atoms with van der Waals surface area (Å²) in [5.74, 6) is -2.63. The Morgan fingerprint density at radius 1 is 0.964 bits per heavy atom. The lowest BCUT2D eigenvalue weighted by molar-refractivity contribution is 0.0650. The van der Waals surface area contributed by atoms with Gasteiger partial charge in [0.15, 0.2) is 0 Å². The van der Waals surface area contributed by atoms with Gasteiger partial charge in [-0.15, -0.1) is 0 Å². The number of ether oxygens (including phenoxy) is 1. The van der Waals surface area contributed by atoms with Crippen LogP contribution in [-0.4, -0.2) is 64.0 Å². The number of carboxylic acid groups (broad SMARTS) is 2. The maximum absolute atomic E-state index is 11.3. The van der Waals surface area contributed by atoms with Crippen molar-refractivity contribution in [1.82, 2.24) is 10.6 Å². The predicted octanol–water partition coefficient (Wildman–Crippen LogP) is 0.799. The van der Waals surface area contributed by atoms with Gasteiger partial charge in [0.2, 0.25) is 0 Å². The van der Waals surface area contributed by atoms with Gasteiger partial charge in [0.1, 0.15) is 24.3 Å². The molecule has 0 fully saturated rings. The van der Waals surface area contributed by atoms with Crippen molar-refractivity contribution in [3.63, 3.8) is 0 Å². The zero-order valence-corrected chi connectivity index (χ0v) is 15.8. The van der Waals surface area contributed by atoms with Gasteiger partial charge in [-0.1, -0.05) is 13.2 Å². The van der Waals surface area contributed by atoms with Crippen LogP contribution in [0, 0.1) is 0 Å². The van der Waals surface area contributed by atoms with Crippen molar-refractivity contribution in [2.75, 3.05) is 13.1 Å². The molecule has 9 heteroatoms. The van der Waals surface area contributed by atoms with Crippen LogP contribution in [0.5, 0.6) is 5.75 Å². The first-order chi connectivity index (χ1) is 13.0. The maximum atomic E-state index is 11.3. The van der Waals surface area contributed by atoms with Gasteiger partial charge in [0.25, 0.3) is 0 Å². The van der Waals surface area contributed by atoms with Crippen molar-refractivity contribution in [1.29, 1.82) is 0 Å². The molecule has 0 aliphatic heterocycles. The van der Waals surface area contributed by atoms with Gasteiger partial charge in [-0.2, -0.15) is 0 Å². The lowest BCUT2D eigenvalue weighted by atomic mass is 10.1. The minimum Gasteiger partial charge on any atom is -0.488 e. The fourth-order valence-electron chi connectivity index (χ4n) is 2.14. The molecule has 0 amide bonds. The summed E-state index contributed by atoms with van der Waals surface area (Å²) >= 11 is 0. The zero-order valence-electron chi connectivity index (χ0n) is 15.8. The van der Waals surface area contributed by atoms with Crippen LogP contribution in [0.1, 0.15) is 34.6 Å². The van der Waals surface area contributed by atoms with E-state index in [2.05, 4.69) is 23.8 Å². The number of carboxylic acids is 2. The fraction of sp³-hybridized carbons (Fsp3) is 0.368. The van der Waals surface area contributed by atoms with E-state index in [1.54, 1.807) is 13.8 Å². The topological polar surface area (TPSA) is 148 Å². The number of aliphatic hydroxyl groups is 2. The number of hydrogen-bond donors (Lipinski definition) is 6. The molecule has 1 aromatic rings. The first-order valence-corrected chi connectivity index (χ1v) is 8.44. The van der Waals surface area contributed by atoms with E-state index in [1.165, 1.54) is 6.07 Å². The number of aliphatic hydroxyl groups excluding tert-OH is 2. The third-order valence-corrected chi connectivity index (χ3v) is 3.77. The Bertz CT molecular complexity index is 724. The summed E-state index contributed by atoms with van der Waals surface area (Å²) in [7, 11) is 0. The second-order valence-electron chi connectivity index (χ2n) is 6.37. The molecule has 28 heavy (non-hydrogen) atoms. The van der Waals surface area contributed by atoms with E-state index < -0.39 is 36.1 Å². The first kappa shape index (κ1) is 23.3. The Morgan fingerprint density at radius 2 is 1.43 bits per heavy atom. The summed E-state index contributed by atoms with van der Waals surface area (Å²) in [5, 5.41) is 43.6. The second-order valence-corrected chi connectivity index (χ2v) is 6.37. The van der Waals surface area contributed by atoms with Crippen LogP contribution >= 0.6 is 0 Å². The fourth-order valence-corrected chi connectivity index (χ4v) is 2.14. The lowest BCUT2D eigenvalue weighted by Gasteiger charge is -2.24. The van der Waals surface area contributed by atoms with E-state index in [1.807, 2.05) is 0 Å². The molecule has 2 unspecified atom stereocenters. The molecular weight excluding hydrogens is 368 g/mol. The van der Waals surface area contributed by atoms with Gasteiger partial charge in [0.05, 0.1) is 11.1 Å². The first-order valence-electron chi connectivity index (χ1n) is 8.44. The average Bonchev–Trinajstić information content (AvgIpc) is 2.62. The van der Waals surface area contributed by atoms with Crippen LogP contribution in [-0.2, 0) is 0 Å². The summed E-state index contributed by atoms with van der Waals surface area (Å²) in [4.78, 5) is 22.5. The molecule has 0 saturated heterocycles. The molecule has 0 radical (unpaired) electrons. The number of carbonyl (C=O) groups is 2. The third kappa shape index (κ3) is 7.12. The van der Waals surface area contributed by atoms with Crippen LogP contribution in [0.4, 0.5) is 0 Å². The van der Waals surface area contributed by atoms with Crippen molar-refractivity contribution in [3.8, 4) is 5.75 Å². The normalized spacial score (nSPS) is 14.0. The molecule has 0 saturated carbocycles. The molecule has 9 nitrogen and oxygen atoms in total. The maximum Gasteiger partial charge on any atom is 0.336 e. The van der Waals surface area contributed by atoms with Gasteiger partial charge in [-0.25, -0.2) is 9.59 Å². The molecule has 0 aromatic heterocycles.